The van der Waals surface area contributed by atoms with Crippen molar-refractivity contribution in [3.63, 3.8) is 0 Å². The number of halogens is 1. The lowest BCUT2D eigenvalue weighted by molar-refractivity contribution is 0.0745. The summed E-state index contributed by atoms with van der Waals surface area (Å²) in [7, 11) is 1.59. The van der Waals surface area contributed by atoms with Gasteiger partial charge >= 0.3 is 0 Å². The van der Waals surface area contributed by atoms with Crippen molar-refractivity contribution in [1.29, 1.82) is 5.26 Å². The Hall–Kier alpha value is -3.50. The first kappa shape index (κ1) is 19.8. The molecule has 8 heteroatoms. The van der Waals surface area contributed by atoms with Gasteiger partial charge in [-0.05, 0) is 42.5 Å². The van der Waals surface area contributed by atoms with E-state index in [2.05, 4.69) is 11.1 Å². The number of nitrogens with zero attached hydrogens (tertiary/aromatic N) is 4. The maximum Gasteiger partial charge on any atom is 0.253 e. The van der Waals surface area contributed by atoms with Crippen LogP contribution in [0, 0.1) is 11.3 Å². The van der Waals surface area contributed by atoms with Gasteiger partial charge in [0, 0.05) is 42.3 Å². The topological polar surface area (TPSA) is 82.6 Å². The highest BCUT2D eigenvalue weighted by Gasteiger charge is 2.27. The molecule has 1 aromatic heterocycles. The number of nitriles is 1. The fraction of sp³-hybridized carbons (Fsp3) is 0.227. The average Bonchev–Trinajstić information content (AvgIpc) is 3.23. The molecule has 0 radical (unpaired) electrons. The number of hydrogen-bond acceptors (Lipinski definition) is 6. The fourth-order valence-electron chi connectivity index (χ4n) is 3.37. The minimum absolute atomic E-state index is 0.0324. The fourth-order valence-corrected chi connectivity index (χ4v) is 3.56. The van der Waals surface area contributed by atoms with E-state index in [1.165, 1.54) is 0 Å². The van der Waals surface area contributed by atoms with Gasteiger partial charge in [0.05, 0.1) is 7.11 Å². The van der Waals surface area contributed by atoms with Crippen LogP contribution in [0.15, 0.2) is 52.9 Å². The summed E-state index contributed by atoms with van der Waals surface area (Å²) in [5.41, 5.74) is 1.54. The van der Waals surface area contributed by atoms with E-state index in [0.29, 0.717) is 59.9 Å². The Bertz CT molecular complexity index is 1100. The molecule has 3 aromatic rings. The quantitative estimate of drug-likeness (QED) is 0.635. The molecule has 1 aliphatic heterocycles. The number of oxazole rings is 1. The number of aromatic nitrogens is 1. The summed E-state index contributed by atoms with van der Waals surface area (Å²) in [6.07, 6.45) is 0. The van der Waals surface area contributed by atoms with Gasteiger partial charge in [0.1, 0.15) is 11.8 Å². The van der Waals surface area contributed by atoms with Crippen LogP contribution >= 0.6 is 11.6 Å². The molecule has 2 aromatic carbocycles. The number of piperazine rings is 1. The first-order chi connectivity index (χ1) is 14.6. The van der Waals surface area contributed by atoms with Gasteiger partial charge < -0.3 is 19.0 Å². The number of hydrogen-bond donors (Lipinski definition) is 0. The summed E-state index contributed by atoms with van der Waals surface area (Å²) < 4.78 is 11.0. The maximum absolute atomic E-state index is 12.8. The van der Waals surface area contributed by atoms with Crippen LogP contribution in [0.4, 0.5) is 5.88 Å². The molecular weight excluding hydrogens is 404 g/mol. The first-order valence-electron chi connectivity index (χ1n) is 9.44. The highest BCUT2D eigenvalue weighted by atomic mass is 35.5. The van der Waals surface area contributed by atoms with Crippen LogP contribution < -0.4 is 9.64 Å². The molecule has 1 aliphatic rings. The van der Waals surface area contributed by atoms with E-state index in [1.807, 2.05) is 11.0 Å². The van der Waals surface area contributed by atoms with Crippen LogP contribution in [0.5, 0.6) is 5.75 Å². The molecule has 30 heavy (non-hydrogen) atoms. The van der Waals surface area contributed by atoms with Crippen molar-refractivity contribution in [2.45, 2.75) is 0 Å². The molecule has 0 atom stereocenters. The lowest BCUT2D eigenvalue weighted by Crippen LogP contribution is -2.48. The van der Waals surface area contributed by atoms with Crippen molar-refractivity contribution in [3.8, 4) is 23.3 Å². The number of carbonyl (C=O) groups excluding carboxylic acids is 1. The molecule has 0 N–H and O–H groups in total. The van der Waals surface area contributed by atoms with Crippen molar-refractivity contribution in [2.24, 2.45) is 0 Å². The molecule has 4 rings (SSSR count). The lowest BCUT2D eigenvalue weighted by Gasteiger charge is -2.34. The van der Waals surface area contributed by atoms with E-state index < -0.39 is 0 Å². The summed E-state index contributed by atoms with van der Waals surface area (Å²) in [6.45, 7) is 2.12. The Labute approximate surface area is 179 Å². The molecule has 152 valence electrons. The van der Waals surface area contributed by atoms with Gasteiger partial charge in [-0.15, -0.1) is 0 Å². The Morgan fingerprint density at radius 2 is 1.90 bits per heavy atom. The molecule has 0 aliphatic carbocycles. The molecule has 0 saturated carbocycles. The summed E-state index contributed by atoms with van der Waals surface area (Å²) >= 11 is 6.05. The second-order valence-corrected chi connectivity index (χ2v) is 7.24. The third kappa shape index (κ3) is 3.95. The van der Waals surface area contributed by atoms with Gasteiger partial charge in [0.25, 0.3) is 5.91 Å². The second kappa shape index (κ2) is 8.47. The number of rotatable bonds is 4. The van der Waals surface area contributed by atoms with E-state index in [1.54, 1.807) is 54.5 Å². The number of carbonyl (C=O) groups is 1. The van der Waals surface area contributed by atoms with E-state index in [0.717, 1.165) is 0 Å². The van der Waals surface area contributed by atoms with Gasteiger partial charge in [-0.1, -0.05) is 17.7 Å². The normalized spacial score (nSPS) is 13.8. The SMILES string of the molecule is COc1ccc(C(=O)N2CCN(c3oc(-c4cccc(Cl)c4)nc3C#N)CC2)cc1. The summed E-state index contributed by atoms with van der Waals surface area (Å²) in [6, 6.07) is 16.3. The zero-order valence-corrected chi connectivity index (χ0v) is 17.1. The lowest BCUT2D eigenvalue weighted by atomic mass is 10.1. The Kier molecular flexibility index (Phi) is 5.59. The molecular formula is C22H19ClN4O3. The van der Waals surface area contributed by atoms with Crippen molar-refractivity contribution in [2.75, 3.05) is 38.2 Å². The smallest absolute Gasteiger partial charge is 0.253 e. The molecule has 0 bridgehead atoms. The van der Waals surface area contributed by atoms with Crippen LogP contribution in [-0.4, -0.2) is 49.1 Å². The Balaban J connectivity index is 1.47. The minimum atomic E-state index is -0.0324. The number of anilines is 1. The molecule has 1 amide bonds. The zero-order valence-electron chi connectivity index (χ0n) is 16.3. The van der Waals surface area contributed by atoms with Crippen LogP contribution in [0.25, 0.3) is 11.5 Å². The molecule has 0 spiro atoms. The minimum Gasteiger partial charge on any atom is -0.497 e. The second-order valence-electron chi connectivity index (χ2n) is 6.80. The third-order valence-electron chi connectivity index (χ3n) is 4.98. The highest BCUT2D eigenvalue weighted by Crippen LogP contribution is 2.30. The Morgan fingerprint density at radius 1 is 1.17 bits per heavy atom. The molecule has 7 nitrogen and oxygen atoms in total. The van der Waals surface area contributed by atoms with Crippen molar-refractivity contribution in [1.82, 2.24) is 9.88 Å². The van der Waals surface area contributed by atoms with Gasteiger partial charge in [-0.25, -0.2) is 0 Å². The van der Waals surface area contributed by atoms with E-state index in [9.17, 15) is 10.1 Å². The maximum atomic E-state index is 12.8. The molecule has 1 fully saturated rings. The Morgan fingerprint density at radius 3 is 2.53 bits per heavy atom. The van der Waals surface area contributed by atoms with Gasteiger partial charge in [-0.3, -0.25) is 4.79 Å². The predicted molar refractivity (Wildman–Crippen MR) is 113 cm³/mol. The van der Waals surface area contributed by atoms with Crippen LogP contribution in [-0.2, 0) is 0 Å². The third-order valence-corrected chi connectivity index (χ3v) is 5.21. The van der Waals surface area contributed by atoms with E-state index in [4.69, 9.17) is 20.8 Å². The van der Waals surface area contributed by atoms with Gasteiger partial charge in [0.2, 0.25) is 17.5 Å². The van der Waals surface area contributed by atoms with Crippen molar-refractivity contribution >= 4 is 23.4 Å². The van der Waals surface area contributed by atoms with Gasteiger partial charge in [-0.2, -0.15) is 10.2 Å². The molecule has 1 saturated heterocycles. The molecule has 2 heterocycles. The number of ether oxygens (including phenoxy) is 1. The summed E-state index contributed by atoms with van der Waals surface area (Å²) in [5, 5.41) is 10.1. The summed E-state index contributed by atoms with van der Waals surface area (Å²) in [5.74, 6) is 1.45. The largest absolute Gasteiger partial charge is 0.497 e. The number of methoxy groups -OCH3 is 1. The van der Waals surface area contributed by atoms with E-state index in [-0.39, 0.29) is 11.6 Å². The summed E-state index contributed by atoms with van der Waals surface area (Å²) in [4.78, 5) is 20.8. The molecule has 0 unspecified atom stereocenters. The monoisotopic (exact) mass is 422 g/mol. The van der Waals surface area contributed by atoms with Gasteiger partial charge in [0.15, 0.2) is 0 Å². The van der Waals surface area contributed by atoms with Crippen LogP contribution in [0.1, 0.15) is 16.1 Å². The standard InChI is InChI=1S/C22H19ClN4O3/c1-29-18-7-5-15(6-8-18)21(28)26-9-11-27(12-10-26)22-19(14-24)25-20(30-22)16-3-2-4-17(23)13-16/h2-8,13H,9-12H2,1H3. The number of benzene rings is 2. The van der Waals surface area contributed by atoms with Crippen molar-refractivity contribution in [3.05, 3.63) is 64.8 Å². The predicted octanol–water partition coefficient (Wildman–Crippen LogP) is 3.84. The first-order valence-corrected chi connectivity index (χ1v) is 9.82. The van der Waals surface area contributed by atoms with Crippen LogP contribution in [0.3, 0.4) is 0 Å². The van der Waals surface area contributed by atoms with Crippen LogP contribution in [0.2, 0.25) is 5.02 Å². The average molecular weight is 423 g/mol. The van der Waals surface area contributed by atoms with Crippen molar-refractivity contribution < 1.29 is 13.9 Å². The zero-order chi connectivity index (χ0) is 21.1. The highest BCUT2D eigenvalue weighted by molar-refractivity contribution is 6.30. The number of amides is 1. The van der Waals surface area contributed by atoms with E-state index >= 15 is 0 Å².